The van der Waals surface area contributed by atoms with Crippen molar-refractivity contribution in [3.63, 3.8) is 0 Å². The molecule has 2 rings (SSSR count). The van der Waals surface area contributed by atoms with Crippen LogP contribution in [0.2, 0.25) is 5.02 Å². The first kappa shape index (κ1) is 16.0. The van der Waals surface area contributed by atoms with Gasteiger partial charge in [-0.25, -0.2) is 0 Å². The molecule has 0 aliphatic carbocycles. The Bertz CT molecular complexity index is 596. The number of hydrogen-bond donors (Lipinski definition) is 1. The van der Waals surface area contributed by atoms with Gasteiger partial charge in [0.15, 0.2) is 0 Å². The average molecular weight is 303 g/mol. The number of aryl methyl sites for hydroxylation is 2. The van der Waals surface area contributed by atoms with Crippen molar-refractivity contribution in [1.29, 1.82) is 0 Å². The molecule has 1 aromatic heterocycles. The average Bonchev–Trinajstić information content (AvgIpc) is 2.48. The second-order valence-corrected chi connectivity index (χ2v) is 5.95. The van der Waals surface area contributed by atoms with E-state index in [-0.39, 0.29) is 6.04 Å². The Labute approximate surface area is 132 Å². The van der Waals surface area contributed by atoms with E-state index in [1.807, 2.05) is 6.07 Å². The SMILES string of the molecule is CCCNC(Cc1ccncc1Cl)c1cc(C)ccc1C. The van der Waals surface area contributed by atoms with E-state index in [1.165, 1.54) is 16.7 Å². The van der Waals surface area contributed by atoms with E-state index >= 15 is 0 Å². The van der Waals surface area contributed by atoms with Crippen molar-refractivity contribution >= 4 is 11.6 Å². The molecule has 3 heteroatoms. The summed E-state index contributed by atoms with van der Waals surface area (Å²) in [5.41, 5.74) is 5.11. The molecule has 1 N–H and O–H groups in total. The van der Waals surface area contributed by atoms with E-state index in [1.54, 1.807) is 12.4 Å². The van der Waals surface area contributed by atoms with Crippen LogP contribution in [0.5, 0.6) is 0 Å². The predicted molar refractivity (Wildman–Crippen MR) is 89.9 cm³/mol. The molecule has 0 fully saturated rings. The maximum absolute atomic E-state index is 6.27. The molecule has 0 bridgehead atoms. The third-order valence-corrected chi connectivity index (χ3v) is 4.07. The quantitative estimate of drug-likeness (QED) is 0.841. The Hall–Kier alpha value is -1.38. The van der Waals surface area contributed by atoms with E-state index in [9.17, 15) is 0 Å². The van der Waals surface area contributed by atoms with Crippen LogP contribution < -0.4 is 5.32 Å². The number of halogens is 1. The molecule has 1 unspecified atom stereocenters. The standard InChI is InChI=1S/C18H23ClN2/c1-4-8-21-18(11-15-7-9-20-12-17(15)19)16-10-13(2)5-6-14(16)3/h5-7,9-10,12,18,21H,4,8,11H2,1-3H3. The molecule has 0 saturated carbocycles. The van der Waals surface area contributed by atoms with Gasteiger partial charge in [-0.3, -0.25) is 4.98 Å². The molecule has 21 heavy (non-hydrogen) atoms. The maximum atomic E-state index is 6.27. The first-order chi connectivity index (χ1) is 10.1. The van der Waals surface area contributed by atoms with E-state index < -0.39 is 0 Å². The van der Waals surface area contributed by atoms with Crippen LogP contribution in [0.3, 0.4) is 0 Å². The van der Waals surface area contributed by atoms with Crippen molar-refractivity contribution in [1.82, 2.24) is 10.3 Å². The lowest BCUT2D eigenvalue weighted by atomic mass is 9.94. The minimum Gasteiger partial charge on any atom is -0.310 e. The van der Waals surface area contributed by atoms with Crippen LogP contribution >= 0.6 is 11.6 Å². The highest BCUT2D eigenvalue weighted by Gasteiger charge is 2.15. The molecule has 2 aromatic rings. The number of benzene rings is 1. The lowest BCUT2D eigenvalue weighted by Gasteiger charge is -2.22. The molecule has 0 amide bonds. The fraction of sp³-hybridized carbons (Fsp3) is 0.389. The van der Waals surface area contributed by atoms with Crippen LogP contribution in [0.15, 0.2) is 36.7 Å². The summed E-state index contributed by atoms with van der Waals surface area (Å²) in [6, 6.07) is 8.92. The summed E-state index contributed by atoms with van der Waals surface area (Å²) in [6.07, 6.45) is 5.52. The molecule has 112 valence electrons. The number of nitrogens with one attached hydrogen (secondary N) is 1. The highest BCUT2D eigenvalue weighted by Crippen LogP contribution is 2.26. The summed E-state index contributed by atoms with van der Waals surface area (Å²) >= 11 is 6.27. The highest BCUT2D eigenvalue weighted by atomic mass is 35.5. The molecular formula is C18H23ClN2. The molecule has 0 aliphatic rings. The summed E-state index contributed by atoms with van der Waals surface area (Å²) in [5.74, 6) is 0. The van der Waals surface area contributed by atoms with Gasteiger partial charge in [-0.2, -0.15) is 0 Å². The van der Waals surface area contributed by atoms with Crippen molar-refractivity contribution in [2.45, 2.75) is 39.7 Å². The second-order valence-electron chi connectivity index (χ2n) is 5.54. The number of pyridine rings is 1. The Morgan fingerprint density at radius 2 is 2.05 bits per heavy atom. The van der Waals surface area contributed by atoms with Crippen molar-refractivity contribution < 1.29 is 0 Å². The van der Waals surface area contributed by atoms with E-state index in [0.29, 0.717) is 0 Å². The molecular weight excluding hydrogens is 280 g/mol. The van der Waals surface area contributed by atoms with Crippen LogP contribution in [0.4, 0.5) is 0 Å². The fourth-order valence-electron chi connectivity index (χ4n) is 2.54. The van der Waals surface area contributed by atoms with Crippen molar-refractivity contribution in [3.8, 4) is 0 Å². The summed E-state index contributed by atoms with van der Waals surface area (Å²) in [7, 11) is 0. The number of rotatable bonds is 6. The maximum Gasteiger partial charge on any atom is 0.0622 e. The zero-order chi connectivity index (χ0) is 15.2. The summed E-state index contributed by atoms with van der Waals surface area (Å²) < 4.78 is 0. The normalized spacial score (nSPS) is 12.4. The predicted octanol–water partition coefficient (Wildman–Crippen LogP) is 4.64. The zero-order valence-corrected chi connectivity index (χ0v) is 13.7. The molecule has 1 heterocycles. The van der Waals surface area contributed by atoms with Crippen LogP contribution in [0.25, 0.3) is 0 Å². The van der Waals surface area contributed by atoms with E-state index in [4.69, 9.17) is 11.6 Å². The minimum atomic E-state index is 0.282. The van der Waals surface area contributed by atoms with Crippen LogP contribution in [-0.2, 0) is 6.42 Å². The van der Waals surface area contributed by atoms with Gasteiger partial charge in [-0.05, 0) is 56.0 Å². The molecule has 1 atom stereocenters. The smallest absolute Gasteiger partial charge is 0.0622 e. The van der Waals surface area contributed by atoms with Crippen molar-refractivity contribution in [2.75, 3.05) is 6.54 Å². The Balaban J connectivity index is 2.30. The number of nitrogens with zero attached hydrogens (tertiary/aromatic N) is 1. The lowest BCUT2D eigenvalue weighted by Crippen LogP contribution is -2.25. The highest BCUT2D eigenvalue weighted by molar-refractivity contribution is 6.31. The molecule has 2 nitrogen and oxygen atoms in total. The summed E-state index contributed by atoms with van der Waals surface area (Å²) in [5, 5.41) is 4.39. The Morgan fingerprint density at radius 3 is 2.76 bits per heavy atom. The largest absolute Gasteiger partial charge is 0.310 e. The van der Waals surface area contributed by atoms with Gasteiger partial charge < -0.3 is 5.32 Å². The summed E-state index contributed by atoms with van der Waals surface area (Å²) in [4.78, 5) is 4.07. The molecule has 0 spiro atoms. The Kier molecular flexibility index (Phi) is 5.77. The van der Waals surface area contributed by atoms with Gasteiger partial charge in [0.25, 0.3) is 0 Å². The van der Waals surface area contributed by atoms with Crippen LogP contribution in [0, 0.1) is 13.8 Å². The van der Waals surface area contributed by atoms with Gasteiger partial charge in [0.1, 0.15) is 0 Å². The molecule has 0 saturated heterocycles. The Morgan fingerprint density at radius 1 is 1.24 bits per heavy atom. The monoisotopic (exact) mass is 302 g/mol. The molecule has 0 radical (unpaired) electrons. The van der Waals surface area contributed by atoms with Crippen LogP contribution in [0.1, 0.15) is 41.6 Å². The first-order valence-corrected chi connectivity index (χ1v) is 7.88. The number of aromatic nitrogens is 1. The van der Waals surface area contributed by atoms with Gasteiger partial charge >= 0.3 is 0 Å². The fourth-order valence-corrected chi connectivity index (χ4v) is 2.73. The number of hydrogen-bond acceptors (Lipinski definition) is 2. The van der Waals surface area contributed by atoms with Gasteiger partial charge in [-0.15, -0.1) is 0 Å². The third-order valence-electron chi connectivity index (χ3n) is 3.73. The lowest BCUT2D eigenvalue weighted by molar-refractivity contribution is 0.527. The van der Waals surface area contributed by atoms with Gasteiger partial charge in [0, 0.05) is 18.4 Å². The summed E-state index contributed by atoms with van der Waals surface area (Å²) in [6.45, 7) is 7.50. The topological polar surface area (TPSA) is 24.9 Å². The van der Waals surface area contributed by atoms with Crippen molar-refractivity contribution in [3.05, 3.63) is 63.9 Å². The molecule has 0 aliphatic heterocycles. The van der Waals surface area contributed by atoms with Crippen molar-refractivity contribution in [2.24, 2.45) is 0 Å². The minimum absolute atomic E-state index is 0.282. The first-order valence-electron chi connectivity index (χ1n) is 7.50. The zero-order valence-electron chi connectivity index (χ0n) is 13.0. The van der Waals surface area contributed by atoms with Gasteiger partial charge in [-0.1, -0.05) is 42.3 Å². The van der Waals surface area contributed by atoms with Gasteiger partial charge in [0.05, 0.1) is 5.02 Å². The van der Waals surface area contributed by atoms with E-state index in [0.717, 1.165) is 30.0 Å². The second kappa shape index (κ2) is 7.58. The van der Waals surface area contributed by atoms with Crippen LogP contribution in [-0.4, -0.2) is 11.5 Å². The third kappa shape index (κ3) is 4.29. The van der Waals surface area contributed by atoms with Gasteiger partial charge in [0.2, 0.25) is 0 Å². The molecule has 1 aromatic carbocycles. The van der Waals surface area contributed by atoms with E-state index in [2.05, 4.69) is 49.3 Å².